The van der Waals surface area contributed by atoms with Crippen LogP contribution >= 0.6 is 31.9 Å². The van der Waals surface area contributed by atoms with Gasteiger partial charge in [0.05, 0.1) is 11.0 Å². The molecule has 1 heterocycles. The maximum absolute atomic E-state index is 4.32. The Morgan fingerprint density at radius 2 is 2.08 bits per heavy atom. The molecule has 0 spiro atoms. The summed E-state index contributed by atoms with van der Waals surface area (Å²) in [6.07, 6.45) is 0. The van der Waals surface area contributed by atoms with Crippen LogP contribution in [0.15, 0.2) is 27.4 Å². The highest BCUT2D eigenvalue weighted by atomic mass is 79.9. The maximum Gasteiger partial charge on any atom is 0.177 e. The van der Waals surface area contributed by atoms with Crippen molar-refractivity contribution in [2.24, 2.45) is 7.05 Å². The highest BCUT2D eigenvalue weighted by Crippen LogP contribution is 2.25. The number of benzene rings is 1. The van der Waals surface area contributed by atoms with E-state index in [9.17, 15) is 0 Å². The minimum atomic E-state index is 0.851. The van der Waals surface area contributed by atoms with Crippen molar-refractivity contribution in [3.05, 3.63) is 27.4 Å². The number of hydrogen-bond acceptors (Lipinski definition) is 1. The van der Waals surface area contributed by atoms with E-state index in [1.165, 1.54) is 0 Å². The lowest BCUT2D eigenvalue weighted by atomic mass is 10.3. The molecule has 0 saturated carbocycles. The number of halogens is 2. The van der Waals surface area contributed by atoms with Crippen molar-refractivity contribution in [1.82, 2.24) is 9.55 Å². The molecule has 0 radical (unpaired) electrons. The van der Waals surface area contributed by atoms with Gasteiger partial charge in [-0.05, 0) is 44.0 Å². The fourth-order valence-corrected chi connectivity index (χ4v) is 2.18. The highest BCUT2D eigenvalue weighted by Gasteiger charge is 2.06. The van der Waals surface area contributed by atoms with Gasteiger partial charge in [-0.15, -0.1) is 0 Å². The summed E-state index contributed by atoms with van der Waals surface area (Å²) in [5.74, 6) is 0. The molecule has 2 aromatic rings. The van der Waals surface area contributed by atoms with Gasteiger partial charge in [0.2, 0.25) is 0 Å². The maximum atomic E-state index is 4.32. The summed E-state index contributed by atoms with van der Waals surface area (Å²) < 4.78 is 3.92. The molecule has 4 heteroatoms. The molecule has 2 rings (SSSR count). The van der Waals surface area contributed by atoms with E-state index in [-0.39, 0.29) is 0 Å². The molecule has 2 nitrogen and oxygen atoms in total. The number of imidazole rings is 1. The summed E-state index contributed by atoms with van der Waals surface area (Å²) >= 11 is 6.85. The second-order valence-electron chi connectivity index (χ2n) is 2.55. The van der Waals surface area contributed by atoms with Crippen molar-refractivity contribution in [3.8, 4) is 0 Å². The Labute approximate surface area is 86.9 Å². The summed E-state index contributed by atoms with van der Waals surface area (Å²) in [6.45, 7) is 0. The summed E-state index contributed by atoms with van der Waals surface area (Å²) in [7, 11) is 1.98. The molecule has 0 aliphatic heterocycles. The van der Waals surface area contributed by atoms with E-state index >= 15 is 0 Å². The quantitative estimate of drug-likeness (QED) is 0.729. The van der Waals surface area contributed by atoms with Gasteiger partial charge in [-0.1, -0.05) is 6.07 Å². The first-order chi connectivity index (χ1) is 5.70. The van der Waals surface area contributed by atoms with Crippen LogP contribution in [0.3, 0.4) is 0 Å². The van der Waals surface area contributed by atoms with Gasteiger partial charge in [0, 0.05) is 11.5 Å². The lowest BCUT2D eigenvalue weighted by molar-refractivity contribution is 0.910. The van der Waals surface area contributed by atoms with E-state index in [1.807, 2.05) is 29.8 Å². The molecular formula is C8H6Br2N2. The van der Waals surface area contributed by atoms with Crippen molar-refractivity contribution in [3.63, 3.8) is 0 Å². The Bertz CT molecular complexity index is 434. The minimum absolute atomic E-state index is 0.851. The predicted octanol–water partition coefficient (Wildman–Crippen LogP) is 3.10. The third-order valence-electron chi connectivity index (χ3n) is 1.79. The van der Waals surface area contributed by atoms with Crippen molar-refractivity contribution in [2.45, 2.75) is 0 Å². The molecule has 1 aromatic heterocycles. The number of nitrogens with zero attached hydrogens (tertiary/aromatic N) is 2. The zero-order chi connectivity index (χ0) is 8.72. The largest absolute Gasteiger partial charge is 0.321 e. The van der Waals surface area contributed by atoms with Gasteiger partial charge in [0.25, 0.3) is 0 Å². The number of hydrogen-bond donors (Lipinski definition) is 0. The van der Waals surface area contributed by atoms with E-state index < -0.39 is 0 Å². The van der Waals surface area contributed by atoms with Crippen molar-refractivity contribution in [2.75, 3.05) is 0 Å². The van der Waals surface area contributed by atoms with Gasteiger partial charge in [-0.3, -0.25) is 0 Å². The molecule has 0 bridgehead atoms. The Morgan fingerprint density at radius 3 is 2.75 bits per heavy atom. The standard InChI is InChI=1S/C8H6Br2N2/c1-12-7-5(9)3-2-4-6(7)11-8(12)10/h2-4H,1H3. The molecule has 0 N–H and O–H groups in total. The van der Waals surface area contributed by atoms with Crippen LogP contribution in [0, 0.1) is 0 Å². The Hall–Kier alpha value is -0.350. The van der Waals surface area contributed by atoms with Gasteiger partial charge < -0.3 is 4.57 Å². The molecule has 0 aliphatic carbocycles. The number of rotatable bonds is 0. The number of aryl methyl sites for hydroxylation is 1. The van der Waals surface area contributed by atoms with E-state index in [2.05, 4.69) is 36.8 Å². The first kappa shape index (κ1) is 8.26. The van der Waals surface area contributed by atoms with Crippen LogP contribution in [-0.4, -0.2) is 9.55 Å². The molecule has 0 aliphatic rings. The van der Waals surface area contributed by atoms with Crippen LogP contribution in [0.25, 0.3) is 11.0 Å². The Balaban J connectivity index is 2.97. The van der Waals surface area contributed by atoms with Gasteiger partial charge in [-0.2, -0.15) is 0 Å². The molecular weight excluding hydrogens is 284 g/mol. The van der Waals surface area contributed by atoms with E-state index in [0.717, 1.165) is 20.2 Å². The third-order valence-corrected chi connectivity index (χ3v) is 3.14. The lowest BCUT2D eigenvalue weighted by Gasteiger charge is -1.96. The first-order valence-corrected chi connectivity index (χ1v) is 5.05. The van der Waals surface area contributed by atoms with Crippen molar-refractivity contribution >= 4 is 42.9 Å². The van der Waals surface area contributed by atoms with E-state index in [1.54, 1.807) is 0 Å². The van der Waals surface area contributed by atoms with E-state index in [0.29, 0.717) is 0 Å². The highest BCUT2D eigenvalue weighted by molar-refractivity contribution is 9.11. The number of fused-ring (bicyclic) bond motifs is 1. The van der Waals surface area contributed by atoms with Crippen LogP contribution in [-0.2, 0) is 7.05 Å². The zero-order valence-corrected chi connectivity index (χ0v) is 9.55. The molecule has 0 atom stereocenters. The fraction of sp³-hybridized carbons (Fsp3) is 0.125. The molecule has 1 aromatic carbocycles. The average molecular weight is 290 g/mol. The normalized spacial score (nSPS) is 10.9. The summed E-state index contributed by atoms with van der Waals surface area (Å²) in [6, 6.07) is 5.98. The summed E-state index contributed by atoms with van der Waals surface area (Å²) in [5, 5.41) is 0. The third kappa shape index (κ3) is 1.10. The Morgan fingerprint density at radius 1 is 1.33 bits per heavy atom. The Kier molecular flexibility index (Phi) is 1.96. The number of para-hydroxylation sites is 1. The van der Waals surface area contributed by atoms with Gasteiger partial charge >= 0.3 is 0 Å². The summed E-state index contributed by atoms with van der Waals surface area (Å²) in [5.41, 5.74) is 2.11. The molecule has 0 fully saturated rings. The monoisotopic (exact) mass is 288 g/mol. The van der Waals surface area contributed by atoms with Crippen molar-refractivity contribution < 1.29 is 0 Å². The second kappa shape index (κ2) is 2.85. The van der Waals surface area contributed by atoms with Gasteiger partial charge in [0.1, 0.15) is 0 Å². The smallest absolute Gasteiger partial charge is 0.177 e. The zero-order valence-electron chi connectivity index (χ0n) is 6.38. The van der Waals surface area contributed by atoms with Crippen molar-refractivity contribution in [1.29, 1.82) is 0 Å². The fourth-order valence-electron chi connectivity index (χ4n) is 1.19. The average Bonchev–Trinajstić information content (AvgIpc) is 2.29. The SMILES string of the molecule is Cn1c(Br)nc2cccc(Br)c21. The second-order valence-corrected chi connectivity index (χ2v) is 4.11. The van der Waals surface area contributed by atoms with Gasteiger partial charge in [-0.25, -0.2) is 4.98 Å². The van der Waals surface area contributed by atoms with Crippen LogP contribution < -0.4 is 0 Å². The van der Waals surface area contributed by atoms with Crippen LogP contribution in [0.4, 0.5) is 0 Å². The predicted molar refractivity (Wildman–Crippen MR) is 56.1 cm³/mol. The topological polar surface area (TPSA) is 17.8 Å². The molecule has 0 amide bonds. The molecule has 0 saturated heterocycles. The van der Waals surface area contributed by atoms with Crippen LogP contribution in [0.5, 0.6) is 0 Å². The van der Waals surface area contributed by atoms with Crippen LogP contribution in [0.1, 0.15) is 0 Å². The van der Waals surface area contributed by atoms with E-state index in [4.69, 9.17) is 0 Å². The minimum Gasteiger partial charge on any atom is -0.321 e. The first-order valence-electron chi connectivity index (χ1n) is 3.46. The summed E-state index contributed by atoms with van der Waals surface area (Å²) in [4.78, 5) is 4.32. The number of aromatic nitrogens is 2. The molecule has 0 unspecified atom stereocenters. The van der Waals surface area contributed by atoms with Crippen LogP contribution in [0.2, 0.25) is 0 Å². The van der Waals surface area contributed by atoms with Gasteiger partial charge in [0.15, 0.2) is 4.73 Å². The molecule has 12 heavy (non-hydrogen) atoms. The molecule has 62 valence electrons. The lowest BCUT2D eigenvalue weighted by Crippen LogP contribution is -1.87.